The second-order valence-corrected chi connectivity index (χ2v) is 34.0. The van der Waals surface area contributed by atoms with Crippen LogP contribution in [-0.2, 0) is 55.8 Å². The minimum absolute atomic E-state index is 0.0735. The molecule has 0 radical (unpaired) electrons. The Morgan fingerprint density at radius 3 is 0.718 bits per heavy atom. The van der Waals surface area contributed by atoms with Crippen molar-refractivity contribution in [2.75, 3.05) is 39.6 Å². The van der Waals surface area contributed by atoms with Gasteiger partial charge in [-0.3, -0.25) is 32.5 Å². The number of esters is 3. The van der Waals surface area contributed by atoms with Crippen LogP contribution in [0.2, 0.25) is 0 Å². The van der Waals surface area contributed by atoms with Gasteiger partial charge in [-0.05, 0) is 148 Å². The Bertz CT molecular complexity index is 2760. The quantitative estimate of drug-likeness (QED) is 0.0146. The van der Waals surface area contributed by atoms with Gasteiger partial charge in [0.15, 0.2) is 6.10 Å². The fourth-order valence-corrected chi connectivity index (χ4v) is 14.3. The summed E-state index contributed by atoms with van der Waals surface area (Å²) in [6, 6.07) is 0. The highest BCUT2D eigenvalue weighted by molar-refractivity contribution is 7.47. The molecule has 0 amide bonds. The topological polar surface area (TPSA) is 231 Å². The first kappa shape index (κ1) is 112. The van der Waals surface area contributed by atoms with Gasteiger partial charge in [-0.15, -0.1) is 0 Å². The number of phosphoric acid groups is 2. The van der Waals surface area contributed by atoms with E-state index >= 15 is 0 Å². The van der Waals surface area contributed by atoms with Crippen LogP contribution in [0.5, 0.6) is 0 Å². The molecule has 0 rings (SSSR count). The Labute approximate surface area is 714 Å². The minimum Gasteiger partial charge on any atom is -0.463 e. The molecule has 0 aromatic heterocycles. The van der Waals surface area contributed by atoms with Crippen molar-refractivity contribution in [2.24, 2.45) is 0 Å². The molecular weight excluding hydrogens is 1510 g/mol. The Morgan fingerprint density at radius 1 is 0.248 bits per heavy atom. The number of hydrogen-bond acceptors (Lipinski definition) is 14. The zero-order chi connectivity index (χ0) is 85.1. The number of ether oxygens (including phenoxy) is 3. The molecule has 0 saturated carbocycles. The standard InChI is InChI=1S/C99H170O16P2/c1-4-7-10-13-16-19-22-25-28-31-33-35-37-39-41-43-44-45-46-47-48-50-52-53-55-57-59-62-64-67-70-73-76-79-82-85-97(102)109-88-94(100)89-111-116(105,106)112-90-95(101)91-113-117(107,108)114-93-96(115-99(104)87-84-81-78-75-72-69-66-61-30-27-24-21-18-15-12-9-6-3)92-110-98(103)86-83-80-77-74-71-68-65-63-60-58-56-54-51-49-42-40-38-36-34-32-29-26-23-20-17-14-11-8-5-2/h8-9,11-12,16-21,25-30,33-36,39-42,66,69,94-96,100-101H,4-7,10,13-15,22-24,31-32,37-38,43-65,67-68,70-93H2,1-3H3,(H,105,106)(H,107,108)/b11-8-,12-9-,19-16-,20-17-,21-18-,28-25-,29-26-,30-27-,35-33-,36-34-,41-39-,42-40-,69-66-. The highest BCUT2D eigenvalue weighted by atomic mass is 31.2. The Balaban J connectivity index is 4.47. The normalized spacial score (nSPS) is 14.5. The van der Waals surface area contributed by atoms with Gasteiger partial charge in [0.25, 0.3) is 0 Å². The van der Waals surface area contributed by atoms with Gasteiger partial charge in [-0.1, -0.05) is 384 Å². The van der Waals surface area contributed by atoms with E-state index in [4.69, 9.17) is 32.3 Å². The van der Waals surface area contributed by atoms with Gasteiger partial charge < -0.3 is 34.2 Å². The molecule has 0 aliphatic carbocycles. The second kappa shape index (κ2) is 90.4. The fraction of sp³-hybridized carbons (Fsp3) is 0.707. The van der Waals surface area contributed by atoms with Crippen molar-refractivity contribution in [3.05, 3.63) is 158 Å². The van der Waals surface area contributed by atoms with Crippen molar-refractivity contribution in [1.82, 2.24) is 0 Å². The van der Waals surface area contributed by atoms with Crippen molar-refractivity contribution >= 4 is 33.6 Å². The molecular formula is C99H170O16P2. The van der Waals surface area contributed by atoms with Crippen molar-refractivity contribution in [2.45, 2.75) is 411 Å². The maximum atomic E-state index is 13.0. The first-order chi connectivity index (χ1) is 57.2. The average Bonchev–Trinajstić information content (AvgIpc) is 0.876. The summed E-state index contributed by atoms with van der Waals surface area (Å²) in [4.78, 5) is 58.9. The summed E-state index contributed by atoms with van der Waals surface area (Å²) in [6.07, 6.45) is 116. The van der Waals surface area contributed by atoms with E-state index in [9.17, 15) is 43.5 Å². The molecule has 0 bridgehead atoms. The van der Waals surface area contributed by atoms with Gasteiger partial charge in [0.05, 0.1) is 26.4 Å². The highest BCUT2D eigenvalue weighted by Crippen LogP contribution is 2.45. The van der Waals surface area contributed by atoms with Crippen molar-refractivity contribution in [3.63, 3.8) is 0 Å². The van der Waals surface area contributed by atoms with Crippen molar-refractivity contribution < 1.29 is 75.8 Å². The summed E-state index contributed by atoms with van der Waals surface area (Å²) in [5.41, 5.74) is 0. The van der Waals surface area contributed by atoms with E-state index < -0.39 is 91.5 Å². The molecule has 5 unspecified atom stereocenters. The van der Waals surface area contributed by atoms with Gasteiger partial charge in [-0.25, -0.2) is 9.13 Å². The van der Waals surface area contributed by atoms with Crippen molar-refractivity contribution in [3.8, 4) is 0 Å². The second-order valence-electron chi connectivity index (χ2n) is 31.0. The molecule has 0 fully saturated rings. The molecule has 0 saturated heterocycles. The predicted octanol–water partition coefficient (Wildman–Crippen LogP) is 28.9. The minimum atomic E-state index is -4.95. The lowest BCUT2D eigenvalue weighted by molar-refractivity contribution is -0.161. The van der Waals surface area contributed by atoms with Crippen LogP contribution >= 0.6 is 15.6 Å². The molecule has 672 valence electrons. The summed E-state index contributed by atoms with van der Waals surface area (Å²) in [5, 5.41) is 20.7. The van der Waals surface area contributed by atoms with Crippen molar-refractivity contribution in [1.29, 1.82) is 0 Å². The summed E-state index contributed by atoms with van der Waals surface area (Å²) < 4.78 is 61.4. The van der Waals surface area contributed by atoms with E-state index in [0.717, 1.165) is 154 Å². The van der Waals surface area contributed by atoms with Crippen LogP contribution in [-0.4, -0.2) is 95.9 Å². The zero-order valence-corrected chi connectivity index (χ0v) is 75.9. The number of hydrogen-bond donors (Lipinski definition) is 4. The monoisotopic (exact) mass is 1680 g/mol. The lowest BCUT2D eigenvalue weighted by atomic mass is 10.0. The van der Waals surface area contributed by atoms with E-state index in [1.54, 1.807) is 0 Å². The summed E-state index contributed by atoms with van der Waals surface area (Å²) >= 11 is 0. The van der Waals surface area contributed by atoms with E-state index in [1.807, 2.05) is 0 Å². The SMILES string of the molecule is CC/C=C\C/C=C\C/C=C\C/C=C\C/C=C\CCCCCCCCCCCCCCCC(=O)OCC(COP(=O)(O)OCC(O)COP(=O)(O)OCC(O)COC(=O)CCCCCCCCCCCCCCCCCCCCC/C=C\C/C=C\C/C=C\C/C=C\CCCCC)OC(=O)CCCCCC/C=C\C/C=C\C/C=C\C/C=C\CC. The lowest BCUT2D eigenvalue weighted by Gasteiger charge is -2.21. The molecule has 5 atom stereocenters. The van der Waals surface area contributed by atoms with E-state index in [-0.39, 0.29) is 19.3 Å². The Hall–Kier alpha value is -4.83. The average molecular weight is 1680 g/mol. The van der Waals surface area contributed by atoms with Crippen LogP contribution in [0, 0.1) is 0 Å². The Morgan fingerprint density at radius 2 is 0.453 bits per heavy atom. The van der Waals surface area contributed by atoms with E-state index in [0.29, 0.717) is 19.3 Å². The smallest absolute Gasteiger partial charge is 0.463 e. The van der Waals surface area contributed by atoms with Gasteiger partial charge in [0, 0.05) is 19.3 Å². The van der Waals surface area contributed by atoms with E-state index in [1.165, 1.54) is 180 Å². The third-order valence-electron chi connectivity index (χ3n) is 19.7. The van der Waals surface area contributed by atoms with Crippen LogP contribution in [0.3, 0.4) is 0 Å². The molecule has 4 N–H and O–H groups in total. The first-order valence-corrected chi connectivity index (χ1v) is 49.8. The van der Waals surface area contributed by atoms with Gasteiger partial charge in [0.1, 0.15) is 25.4 Å². The predicted molar refractivity (Wildman–Crippen MR) is 491 cm³/mol. The third kappa shape index (κ3) is 91.7. The van der Waals surface area contributed by atoms with Crippen LogP contribution in [0.15, 0.2) is 158 Å². The molecule has 117 heavy (non-hydrogen) atoms. The number of carbonyl (C=O) groups is 3. The molecule has 0 aromatic rings. The van der Waals surface area contributed by atoms with E-state index in [2.05, 4.69) is 179 Å². The maximum Gasteiger partial charge on any atom is 0.472 e. The lowest BCUT2D eigenvalue weighted by Crippen LogP contribution is -2.30. The summed E-state index contributed by atoms with van der Waals surface area (Å²) in [7, 11) is -9.81. The molecule has 0 aliphatic rings. The molecule has 0 heterocycles. The van der Waals surface area contributed by atoms with Crippen LogP contribution in [0.25, 0.3) is 0 Å². The fourth-order valence-electron chi connectivity index (χ4n) is 12.7. The number of rotatable bonds is 88. The van der Waals surface area contributed by atoms with Crippen LogP contribution < -0.4 is 0 Å². The summed E-state index contributed by atoms with van der Waals surface area (Å²) in [6.45, 7) is 2.44. The number of phosphoric ester groups is 2. The molecule has 16 nitrogen and oxygen atoms in total. The molecule has 0 spiro atoms. The molecule has 18 heteroatoms. The number of allylic oxidation sites excluding steroid dienone is 26. The maximum absolute atomic E-state index is 13.0. The zero-order valence-electron chi connectivity index (χ0n) is 74.1. The Kier molecular flexibility index (Phi) is 86.7. The largest absolute Gasteiger partial charge is 0.472 e. The number of unbranched alkanes of at least 4 members (excludes halogenated alkanes) is 39. The van der Waals surface area contributed by atoms with Gasteiger partial charge in [0.2, 0.25) is 0 Å². The third-order valence-corrected chi connectivity index (χ3v) is 21.6. The van der Waals surface area contributed by atoms with Gasteiger partial charge >= 0.3 is 33.6 Å². The first-order valence-electron chi connectivity index (χ1n) is 46.8. The highest BCUT2D eigenvalue weighted by Gasteiger charge is 2.29. The van der Waals surface area contributed by atoms with Gasteiger partial charge in [-0.2, -0.15) is 0 Å². The van der Waals surface area contributed by atoms with Crippen LogP contribution in [0.4, 0.5) is 0 Å². The molecule has 0 aliphatic heterocycles. The van der Waals surface area contributed by atoms with Crippen LogP contribution in [0.1, 0.15) is 393 Å². The number of aliphatic hydroxyl groups excluding tert-OH is 2. The number of aliphatic hydroxyl groups is 2. The molecule has 0 aromatic carbocycles. The summed E-state index contributed by atoms with van der Waals surface area (Å²) in [5.74, 6) is -1.59. The number of carbonyl (C=O) groups excluding carboxylic acids is 3.